The van der Waals surface area contributed by atoms with Gasteiger partial charge in [-0.15, -0.1) is 0 Å². The van der Waals surface area contributed by atoms with Crippen molar-refractivity contribution in [3.05, 3.63) is 29.3 Å². The molecule has 13 heavy (non-hydrogen) atoms. The second-order valence-electron chi connectivity index (χ2n) is 2.71. The van der Waals surface area contributed by atoms with Crippen molar-refractivity contribution < 1.29 is 14.3 Å². The van der Waals surface area contributed by atoms with Crippen molar-refractivity contribution in [2.24, 2.45) is 0 Å². The molecule has 0 fully saturated rings. The Hall–Kier alpha value is -1.35. The molecule has 70 valence electrons. The van der Waals surface area contributed by atoms with E-state index in [0.717, 1.165) is 11.8 Å². The lowest BCUT2D eigenvalue weighted by atomic mass is 10.1. The van der Waals surface area contributed by atoms with E-state index in [2.05, 4.69) is 0 Å². The fourth-order valence-corrected chi connectivity index (χ4v) is 0.986. The summed E-state index contributed by atoms with van der Waals surface area (Å²) in [5, 5.41) is 0. The molecule has 0 saturated heterocycles. The molecule has 1 aromatic rings. The van der Waals surface area contributed by atoms with Gasteiger partial charge in [0.1, 0.15) is 5.75 Å². The molecular formula is C10H12O3. The number of methoxy groups -OCH3 is 1. The molecule has 0 atom stereocenters. The first-order valence-electron chi connectivity index (χ1n) is 3.95. The lowest BCUT2D eigenvalue weighted by molar-refractivity contribution is 0.0505. The second kappa shape index (κ2) is 4.62. The number of hydrogen-bond acceptors (Lipinski definition) is 3. The molecule has 0 aliphatic rings. The zero-order valence-corrected chi connectivity index (χ0v) is 7.74. The van der Waals surface area contributed by atoms with E-state index in [4.69, 9.17) is 9.47 Å². The Morgan fingerprint density at radius 1 is 1.46 bits per heavy atom. The van der Waals surface area contributed by atoms with E-state index in [1.54, 1.807) is 6.07 Å². The van der Waals surface area contributed by atoms with Crippen molar-refractivity contribution >= 4 is 6.29 Å². The van der Waals surface area contributed by atoms with Crippen LogP contribution in [0.25, 0.3) is 0 Å². The van der Waals surface area contributed by atoms with E-state index < -0.39 is 0 Å². The zero-order chi connectivity index (χ0) is 9.68. The summed E-state index contributed by atoms with van der Waals surface area (Å²) in [5.74, 6) is 0.567. The third-order valence-electron chi connectivity index (χ3n) is 1.63. The fraction of sp³-hybridized carbons (Fsp3) is 0.300. The van der Waals surface area contributed by atoms with Gasteiger partial charge in [0.15, 0.2) is 13.1 Å². The summed E-state index contributed by atoms with van der Waals surface area (Å²) < 4.78 is 9.95. The van der Waals surface area contributed by atoms with Crippen LogP contribution in [0.4, 0.5) is 0 Å². The van der Waals surface area contributed by atoms with Crippen LogP contribution in [-0.4, -0.2) is 20.2 Å². The van der Waals surface area contributed by atoms with Crippen LogP contribution in [0, 0.1) is 6.92 Å². The first-order valence-corrected chi connectivity index (χ1v) is 3.95. The van der Waals surface area contributed by atoms with E-state index in [0.29, 0.717) is 11.3 Å². The SMILES string of the molecule is COCOc1cc(C)ccc1C=O. The molecule has 0 radical (unpaired) electrons. The van der Waals surface area contributed by atoms with Crippen LogP contribution in [0.5, 0.6) is 5.75 Å². The molecule has 0 aromatic heterocycles. The molecule has 0 amide bonds. The highest BCUT2D eigenvalue weighted by Gasteiger charge is 2.01. The molecule has 1 aromatic carbocycles. The highest BCUT2D eigenvalue weighted by molar-refractivity contribution is 5.79. The van der Waals surface area contributed by atoms with Crippen LogP contribution >= 0.6 is 0 Å². The molecule has 0 aliphatic carbocycles. The minimum atomic E-state index is 0.157. The Bertz CT molecular complexity index is 294. The van der Waals surface area contributed by atoms with Gasteiger partial charge in [-0.3, -0.25) is 4.79 Å². The van der Waals surface area contributed by atoms with Gasteiger partial charge in [0, 0.05) is 7.11 Å². The van der Waals surface area contributed by atoms with Gasteiger partial charge in [0.05, 0.1) is 5.56 Å². The third kappa shape index (κ3) is 2.56. The Labute approximate surface area is 77.3 Å². The molecule has 0 N–H and O–H groups in total. The fourth-order valence-electron chi connectivity index (χ4n) is 0.986. The van der Waals surface area contributed by atoms with Crippen molar-refractivity contribution in [1.29, 1.82) is 0 Å². The average molecular weight is 180 g/mol. The van der Waals surface area contributed by atoms with E-state index in [1.165, 1.54) is 7.11 Å². The summed E-state index contributed by atoms with van der Waals surface area (Å²) in [6.07, 6.45) is 0.768. The number of hydrogen-bond donors (Lipinski definition) is 0. The number of aryl methyl sites for hydroxylation is 1. The molecule has 0 heterocycles. The minimum absolute atomic E-state index is 0.157. The van der Waals surface area contributed by atoms with E-state index in [9.17, 15) is 4.79 Å². The molecule has 1 rings (SSSR count). The Morgan fingerprint density at radius 2 is 2.23 bits per heavy atom. The van der Waals surface area contributed by atoms with Gasteiger partial charge in [-0.1, -0.05) is 6.07 Å². The maximum atomic E-state index is 10.6. The van der Waals surface area contributed by atoms with Crippen LogP contribution in [0.15, 0.2) is 18.2 Å². The molecule has 0 unspecified atom stereocenters. The van der Waals surface area contributed by atoms with Gasteiger partial charge >= 0.3 is 0 Å². The minimum Gasteiger partial charge on any atom is -0.467 e. The Kier molecular flexibility index (Phi) is 3.46. The van der Waals surface area contributed by atoms with Crippen LogP contribution in [-0.2, 0) is 4.74 Å². The monoisotopic (exact) mass is 180 g/mol. The van der Waals surface area contributed by atoms with Gasteiger partial charge in [-0.25, -0.2) is 0 Å². The smallest absolute Gasteiger partial charge is 0.188 e. The van der Waals surface area contributed by atoms with Gasteiger partial charge in [0.2, 0.25) is 0 Å². The van der Waals surface area contributed by atoms with Crippen molar-refractivity contribution in [1.82, 2.24) is 0 Å². The predicted octanol–water partition coefficient (Wildman–Crippen LogP) is 1.79. The van der Waals surface area contributed by atoms with Crippen LogP contribution < -0.4 is 4.74 Å². The van der Waals surface area contributed by atoms with Crippen molar-refractivity contribution in [3.63, 3.8) is 0 Å². The van der Waals surface area contributed by atoms with Crippen LogP contribution in [0.1, 0.15) is 15.9 Å². The highest BCUT2D eigenvalue weighted by Crippen LogP contribution is 2.18. The number of rotatable bonds is 4. The summed E-state index contributed by atoms with van der Waals surface area (Å²) in [6.45, 7) is 2.10. The van der Waals surface area contributed by atoms with Gasteiger partial charge in [-0.2, -0.15) is 0 Å². The number of aldehydes is 1. The zero-order valence-electron chi connectivity index (χ0n) is 7.74. The quantitative estimate of drug-likeness (QED) is 0.523. The summed E-state index contributed by atoms with van der Waals surface area (Å²) in [4.78, 5) is 10.6. The number of ether oxygens (including phenoxy) is 2. The van der Waals surface area contributed by atoms with Crippen LogP contribution in [0.2, 0.25) is 0 Å². The lowest BCUT2D eigenvalue weighted by Gasteiger charge is -2.07. The third-order valence-corrected chi connectivity index (χ3v) is 1.63. The molecule has 0 bridgehead atoms. The normalized spacial score (nSPS) is 9.69. The van der Waals surface area contributed by atoms with Gasteiger partial charge in [0.25, 0.3) is 0 Å². The summed E-state index contributed by atoms with van der Waals surface area (Å²) in [6, 6.07) is 5.40. The lowest BCUT2D eigenvalue weighted by Crippen LogP contribution is -2.01. The Morgan fingerprint density at radius 3 is 2.85 bits per heavy atom. The number of carbonyl (C=O) groups is 1. The largest absolute Gasteiger partial charge is 0.467 e. The molecular weight excluding hydrogens is 168 g/mol. The van der Waals surface area contributed by atoms with E-state index in [1.807, 2.05) is 19.1 Å². The first kappa shape index (κ1) is 9.74. The van der Waals surface area contributed by atoms with E-state index in [-0.39, 0.29) is 6.79 Å². The topological polar surface area (TPSA) is 35.5 Å². The molecule has 0 aliphatic heterocycles. The molecule has 0 saturated carbocycles. The van der Waals surface area contributed by atoms with Crippen molar-refractivity contribution in [3.8, 4) is 5.75 Å². The second-order valence-corrected chi connectivity index (χ2v) is 2.71. The number of benzene rings is 1. The number of carbonyl (C=O) groups excluding carboxylic acids is 1. The molecule has 3 heteroatoms. The Balaban J connectivity index is 2.87. The summed E-state index contributed by atoms with van der Waals surface area (Å²) in [7, 11) is 1.54. The van der Waals surface area contributed by atoms with E-state index >= 15 is 0 Å². The standard InChI is InChI=1S/C10H12O3/c1-8-3-4-9(6-11)10(5-8)13-7-12-2/h3-6H,7H2,1-2H3. The van der Waals surface area contributed by atoms with Crippen molar-refractivity contribution in [2.45, 2.75) is 6.92 Å². The average Bonchev–Trinajstić information content (AvgIpc) is 2.15. The maximum Gasteiger partial charge on any atom is 0.188 e. The van der Waals surface area contributed by atoms with Crippen LogP contribution in [0.3, 0.4) is 0 Å². The predicted molar refractivity (Wildman–Crippen MR) is 49.1 cm³/mol. The van der Waals surface area contributed by atoms with Gasteiger partial charge in [-0.05, 0) is 24.6 Å². The van der Waals surface area contributed by atoms with Crippen molar-refractivity contribution in [2.75, 3.05) is 13.9 Å². The molecule has 0 spiro atoms. The summed E-state index contributed by atoms with van der Waals surface area (Å²) >= 11 is 0. The highest BCUT2D eigenvalue weighted by atomic mass is 16.7. The molecule has 3 nitrogen and oxygen atoms in total. The van der Waals surface area contributed by atoms with Gasteiger partial charge < -0.3 is 9.47 Å². The summed E-state index contributed by atoms with van der Waals surface area (Å²) in [5.41, 5.74) is 1.60. The maximum absolute atomic E-state index is 10.6. The first-order chi connectivity index (χ1) is 6.27.